The van der Waals surface area contributed by atoms with E-state index in [0.29, 0.717) is 16.5 Å². The van der Waals surface area contributed by atoms with E-state index >= 15 is 0 Å². The highest BCUT2D eigenvalue weighted by Crippen LogP contribution is 2.16. The molecule has 0 saturated heterocycles. The van der Waals surface area contributed by atoms with E-state index in [1.165, 1.54) is 10.9 Å². The molecule has 1 aromatic heterocycles. The lowest BCUT2D eigenvalue weighted by molar-refractivity contribution is 0.0490. The van der Waals surface area contributed by atoms with Gasteiger partial charge in [0.1, 0.15) is 6.61 Å². The summed E-state index contributed by atoms with van der Waals surface area (Å²) < 4.78 is 6.78. The van der Waals surface area contributed by atoms with Crippen molar-refractivity contribution < 1.29 is 9.53 Å². The van der Waals surface area contributed by atoms with E-state index in [2.05, 4.69) is 4.98 Å². The molecule has 0 saturated carbocycles. The minimum absolute atomic E-state index is 0.103. The number of para-hydroxylation sites is 1. The van der Waals surface area contributed by atoms with Gasteiger partial charge in [-0.1, -0.05) is 42.5 Å². The maximum absolute atomic E-state index is 12.4. The lowest BCUT2D eigenvalue weighted by Crippen LogP contribution is -2.23. The van der Waals surface area contributed by atoms with Crippen molar-refractivity contribution in [3.05, 3.63) is 89.0 Å². The molecule has 1 heterocycles. The number of carbonyl (C=O) groups excluding carboxylic acids is 1. The number of esters is 1. The summed E-state index contributed by atoms with van der Waals surface area (Å²) in [5.74, 6) is -0.405. The Morgan fingerprint density at radius 1 is 0.962 bits per heavy atom. The topological polar surface area (TPSA) is 61.2 Å². The molecule has 0 radical (unpaired) electrons. The largest absolute Gasteiger partial charge is 0.460 e. The molecule has 4 rings (SSSR count). The Bertz CT molecular complexity index is 1160. The molecule has 4 aromatic rings. The Labute approximate surface area is 149 Å². The average Bonchev–Trinajstić information content (AvgIpc) is 2.69. The average molecular weight is 344 g/mol. The minimum atomic E-state index is -0.405. The number of hydrogen-bond acceptors (Lipinski definition) is 4. The molecule has 3 aromatic carbocycles. The van der Waals surface area contributed by atoms with E-state index < -0.39 is 5.97 Å². The summed E-state index contributed by atoms with van der Waals surface area (Å²) in [7, 11) is 0. The van der Waals surface area contributed by atoms with E-state index in [1.54, 1.807) is 30.3 Å². The molecule has 0 atom stereocenters. The maximum atomic E-state index is 12.4. The molecular formula is C21H16N2O3. The predicted molar refractivity (Wildman–Crippen MR) is 100 cm³/mol. The van der Waals surface area contributed by atoms with Gasteiger partial charge in [0.05, 0.1) is 29.3 Å². The van der Waals surface area contributed by atoms with Gasteiger partial charge in [-0.05, 0) is 35.0 Å². The summed E-state index contributed by atoms with van der Waals surface area (Å²) in [6.45, 7) is 0.363. The molecule has 0 bridgehead atoms. The van der Waals surface area contributed by atoms with Gasteiger partial charge in [0.15, 0.2) is 0 Å². The fourth-order valence-electron chi connectivity index (χ4n) is 2.90. The third-order valence-corrected chi connectivity index (χ3v) is 4.28. The number of fused-ring (bicyclic) bond motifs is 2. The first-order valence-corrected chi connectivity index (χ1v) is 8.32. The summed E-state index contributed by atoms with van der Waals surface area (Å²) in [6, 6.07) is 20.4. The second-order valence-corrected chi connectivity index (χ2v) is 5.96. The van der Waals surface area contributed by atoms with Crippen LogP contribution in [0.15, 0.2) is 77.9 Å². The molecule has 0 aliphatic carbocycles. The predicted octanol–water partition coefficient (Wildman–Crippen LogP) is 3.41. The van der Waals surface area contributed by atoms with Crippen LogP contribution in [0.2, 0.25) is 0 Å². The van der Waals surface area contributed by atoms with E-state index in [0.717, 1.165) is 10.8 Å². The van der Waals surface area contributed by atoms with Crippen LogP contribution < -0.4 is 5.56 Å². The van der Waals surface area contributed by atoms with Crippen molar-refractivity contribution in [2.45, 2.75) is 6.54 Å². The Balaban J connectivity index is 1.46. The van der Waals surface area contributed by atoms with Crippen LogP contribution in [0.4, 0.5) is 0 Å². The van der Waals surface area contributed by atoms with E-state index in [9.17, 15) is 9.59 Å². The Morgan fingerprint density at radius 2 is 1.73 bits per heavy atom. The van der Waals surface area contributed by atoms with Crippen LogP contribution in [0.1, 0.15) is 10.4 Å². The van der Waals surface area contributed by atoms with Crippen molar-refractivity contribution in [1.82, 2.24) is 9.55 Å². The zero-order valence-corrected chi connectivity index (χ0v) is 14.0. The van der Waals surface area contributed by atoms with E-state index in [-0.39, 0.29) is 18.7 Å². The molecule has 5 heteroatoms. The van der Waals surface area contributed by atoms with Crippen molar-refractivity contribution in [2.24, 2.45) is 0 Å². The Morgan fingerprint density at radius 3 is 2.62 bits per heavy atom. The van der Waals surface area contributed by atoms with Gasteiger partial charge in [-0.15, -0.1) is 0 Å². The summed E-state index contributed by atoms with van der Waals surface area (Å²) in [5, 5.41) is 2.60. The van der Waals surface area contributed by atoms with Crippen LogP contribution in [0.3, 0.4) is 0 Å². The van der Waals surface area contributed by atoms with Gasteiger partial charge in [0.2, 0.25) is 0 Å². The van der Waals surface area contributed by atoms with Gasteiger partial charge in [-0.3, -0.25) is 9.36 Å². The van der Waals surface area contributed by atoms with Crippen LogP contribution in [-0.4, -0.2) is 22.1 Å². The molecule has 0 amide bonds. The fraction of sp³-hybridized carbons (Fsp3) is 0.0952. The van der Waals surface area contributed by atoms with E-state index in [1.807, 2.05) is 36.4 Å². The van der Waals surface area contributed by atoms with Gasteiger partial charge in [-0.2, -0.15) is 0 Å². The second kappa shape index (κ2) is 6.80. The Hall–Kier alpha value is -3.47. The van der Waals surface area contributed by atoms with Gasteiger partial charge in [0.25, 0.3) is 5.56 Å². The fourth-order valence-corrected chi connectivity index (χ4v) is 2.90. The zero-order chi connectivity index (χ0) is 17.9. The second-order valence-electron chi connectivity index (χ2n) is 5.96. The quantitative estimate of drug-likeness (QED) is 0.532. The SMILES string of the molecule is O=C(OCCn1cnc2ccccc2c1=O)c1ccc2ccccc2c1. The van der Waals surface area contributed by atoms with Crippen LogP contribution in [0.5, 0.6) is 0 Å². The molecule has 0 aliphatic rings. The number of aromatic nitrogens is 2. The summed E-state index contributed by atoms with van der Waals surface area (Å²) in [6.07, 6.45) is 1.48. The highest BCUT2D eigenvalue weighted by atomic mass is 16.5. The summed E-state index contributed by atoms with van der Waals surface area (Å²) in [4.78, 5) is 28.9. The number of carbonyl (C=O) groups is 1. The number of rotatable bonds is 4. The molecule has 0 spiro atoms. The van der Waals surface area contributed by atoms with Crippen molar-refractivity contribution in [2.75, 3.05) is 6.61 Å². The minimum Gasteiger partial charge on any atom is -0.460 e. The Kier molecular flexibility index (Phi) is 4.19. The van der Waals surface area contributed by atoms with Crippen LogP contribution in [-0.2, 0) is 11.3 Å². The molecule has 128 valence electrons. The van der Waals surface area contributed by atoms with E-state index in [4.69, 9.17) is 4.74 Å². The first-order chi connectivity index (χ1) is 12.7. The number of benzene rings is 3. The monoisotopic (exact) mass is 344 g/mol. The lowest BCUT2D eigenvalue weighted by atomic mass is 10.1. The molecule has 0 unspecified atom stereocenters. The van der Waals surface area contributed by atoms with Gasteiger partial charge >= 0.3 is 5.97 Å². The van der Waals surface area contributed by atoms with Gasteiger partial charge in [-0.25, -0.2) is 9.78 Å². The first kappa shape index (κ1) is 16.0. The molecule has 0 aliphatic heterocycles. The zero-order valence-electron chi connectivity index (χ0n) is 14.0. The standard InChI is InChI=1S/C21H16N2O3/c24-20-18-7-3-4-8-19(18)22-14-23(20)11-12-26-21(25)17-10-9-15-5-1-2-6-16(15)13-17/h1-10,13-14H,11-12H2. The summed E-state index contributed by atoms with van der Waals surface area (Å²) in [5.41, 5.74) is 1.01. The lowest BCUT2D eigenvalue weighted by Gasteiger charge is -2.08. The number of ether oxygens (including phenoxy) is 1. The van der Waals surface area contributed by atoms with Gasteiger partial charge < -0.3 is 4.74 Å². The van der Waals surface area contributed by atoms with Crippen molar-refractivity contribution in [3.63, 3.8) is 0 Å². The van der Waals surface area contributed by atoms with Crippen LogP contribution in [0.25, 0.3) is 21.7 Å². The molecule has 0 fully saturated rings. The molecular weight excluding hydrogens is 328 g/mol. The van der Waals surface area contributed by atoms with Crippen molar-refractivity contribution in [1.29, 1.82) is 0 Å². The normalized spacial score (nSPS) is 10.9. The first-order valence-electron chi connectivity index (χ1n) is 8.32. The third kappa shape index (κ3) is 3.07. The van der Waals surface area contributed by atoms with Crippen LogP contribution in [0, 0.1) is 0 Å². The highest BCUT2D eigenvalue weighted by molar-refractivity contribution is 5.95. The maximum Gasteiger partial charge on any atom is 0.338 e. The molecule has 5 nitrogen and oxygen atoms in total. The third-order valence-electron chi connectivity index (χ3n) is 4.28. The van der Waals surface area contributed by atoms with Crippen molar-refractivity contribution in [3.8, 4) is 0 Å². The number of hydrogen-bond donors (Lipinski definition) is 0. The van der Waals surface area contributed by atoms with Crippen molar-refractivity contribution >= 4 is 27.6 Å². The molecule has 0 N–H and O–H groups in total. The van der Waals surface area contributed by atoms with Crippen LogP contribution >= 0.6 is 0 Å². The highest BCUT2D eigenvalue weighted by Gasteiger charge is 2.09. The summed E-state index contributed by atoms with van der Waals surface area (Å²) >= 11 is 0. The van der Waals surface area contributed by atoms with Gasteiger partial charge in [0, 0.05) is 0 Å². The number of nitrogens with zero attached hydrogens (tertiary/aromatic N) is 2. The smallest absolute Gasteiger partial charge is 0.338 e. The molecule has 26 heavy (non-hydrogen) atoms.